The molecule has 2 aromatic carbocycles. The van der Waals surface area contributed by atoms with Crippen LogP contribution in [0.5, 0.6) is 0 Å². The molecular formula is C16H17NO2. The van der Waals surface area contributed by atoms with Crippen molar-refractivity contribution in [2.75, 3.05) is 18.5 Å². The number of hydrogen-bond donors (Lipinski definition) is 1. The van der Waals surface area contributed by atoms with Crippen molar-refractivity contribution in [3.05, 3.63) is 54.6 Å². The van der Waals surface area contributed by atoms with Crippen molar-refractivity contribution in [1.82, 2.24) is 0 Å². The standard InChI is InChI=1S/C16H17NO2/c1-3-19-16(18)12(2)11-17-15-9-8-13-6-4-5-7-14(13)10-15/h4-10,17H,2-3,11H2,1H3. The van der Waals surface area contributed by atoms with Gasteiger partial charge < -0.3 is 10.1 Å². The van der Waals surface area contributed by atoms with Gasteiger partial charge >= 0.3 is 5.97 Å². The Labute approximate surface area is 112 Å². The molecule has 0 atom stereocenters. The van der Waals surface area contributed by atoms with Crippen LogP contribution in [0.3, 0.4) is 0 Å². The molecule has 0 amide bonds. The zero-order valence-corrected chi connectivity index (χ0v) is 11.0. The molecule has 0 aliphatic rings. The second-order valence-electron chi connectivity index (χ2n) is 4.24. The summed E-state index contributed by atoms with van der Waals surface area (Å²) < 4.78 is 4.88. The lowest BCUT2D eigenvalue weighted by atomic mass is 10.1. The SMILES string of the molecule is C=C(CNc1ccc2ccccc2c1)C(=O)OCC. The number of nitrogens with one attached hydrogen (secondary N) is 1. The molecule has 0 radical (unpaired) electrons. The lowest BCUT2D eigenvalue weighted by molar-refractivity contribution is -0.138. The molecule has 1 N–H and O–H groups in total. The minimum absolute atomic E-state index is 0.351. The van der Waals surface area contributed by atoms with E-state index in [2.05, 4.69) is 24.0 Å². The van der Waals surface area contributed by atoms with E-state index in [0.29, 0.717) is 18.7 Å². The first-order chi connectivity index (χ1) is 9.20. The van der Waals surface area contributed by atoms with Crippen molar-refractivity contribution < 1.29 is 9.53 Å². The van der Waals surface area contributed by atoms with Crippen LogP contribution in [0.25, 0.3) is 10.8 Å². The Bertz CT molecular complexity index is 604. The van der Waals surface area contributed by atoms with Crippen LogP contribution in [0.4, 0.5) is 5.69 Å². The van der Waals surface area contributed by atoms with Gasteiger partial charge in [0.25, 0.3) is 0 Å². The second-order valence-corrected chi connectivity index (χ2v) is 4.24. The monoisotopic (exact) mass is 255 g/mol. The van der Waals surface area contributed by atoms with E-state index in [9.17, 15) is 4.79 Å². The van der Waals surface area contributed by atoms with Crippen molar-refractivity contribution in [3.63, 3.8) is 0 Å². The quantitative estimate of drug-likeness (QED) is 0.657. The van der Waals surface area contributed by atoms with Crippen LogP contribution in [-0.4, -0.2) is 19.1 Å². The Balaban J connectivity index is 2.02. The van der Waals surface area contributed by atoms with Crippen LogP contribution in [-0.2, 0) is 9.53 Å². The maximum atomic E-state index is 11.4. The van der Waals surface area contributed by atoms with E-state index in [1.54, 1.807) is 6.92 Å². The van der Waals surface area contributed by atoms with Crippen molar-refractivity contribution in [1.29, 1.82) is 0 Å². The minimum atomic E-state index is -0.351. The highest BCUT2D eigenvalue weighted by molar-refractivity contribution is 5.89. The summed E-state index contributed by atoms with van der Waals surface area (Å²) in [4.78, 5) is 11.4. The van der Waals surface area contributed by atoms with Gasteiger partial charge in [-0.2, -0.15) is 0 Å². The molecule has 0 spiro atoms. The molecule has 0 aliphatic carbocycles. The molecule has 19 heavy (non-hydrogen) atoms. The molecule has 0 aliphatic heterocycles. The van der Waals surface area contributed by atoms with Gasteiger partial charge in [-0.05, 0) is 29.8 Å². The molecule has 0 saturated heterocycles. The third kappa shape index (κ3) is 3.35. The summed E-state index contributed by atoms with van der Waals surface area (Å²) in [5, 5.41) is 5.53. The Hall–Kier alpha value is -2.29. The predicted molar refractivity (Wildman–Crippen MR) is 78.2 cm³/mol. The average Bonchev–Trinajstić information content (AvgIpc) is 2.44. The number of esters is 1. The summed E-state index contributed by atoms with van der Waals surface area (Å²) in [6.07, 6.45) is 0. The second kappa shape index (κ2) is 6.05. The van der Waals surface area contributed by atoms with Crippen LogP contribution < -0.4 is 5.32 Å². The summed E-state index contributed by atoms with van der Waals surface area (Å²) in [6, 6.07) is 14.2. The van der Waals surface area contributed by atoms with Crippen molar-refractivity contribution >= 4 is 22.4 Å². The molecule has 2 rings (SSSR count). The number of carbonyl (C=O) groups is 1. The molecule has 0 heterocycles. The molecule has 0 saturated carbocycles. The van der Waals surface area contributed by atoms with Gasteiger partial charge in [0.1, 0.15) is 0 Å². The number of benzene rings is 2. The third-order valence-corrected chi connectivity index (χ3v) is 2.82. The first-order valence-corrected chi connectivity index (χ1v) is 6.28. The highest BCUT2D eigenvalue weighted by atomic mass is 16.5. The maximum Gasteiger partial charge on any atom is 0.335 e. The van der Waals surface area contributed by atoms with Gasteiger partial charge in [0.05, 0.1) is 6.61 Å². The number of ether oxygens (including phenoxy) is 1. The molecule has 2 aromatic rings. The number of hydrogen-bond acceptors (Lipinski definition) is 3. The lowest BCUT2D eigenvalue weighted by Gasteiger charge is -2.09. The highest BCUT2D eigenvalue weighted by Crippen LogP contribution is 2.18. The average molecular weight is 255 g/mol. The summed E-state index contributed by atoms with van der Waals surface area (Å²) in [5.74, 6) is -0.351. The van der Waals surface area contributed by atoms with Crippen molar-refractivity contribution in [2.24, 2.45) is 0 Å². The zero-order valence-electron chi connectivity index (χ0n) is 11.0. The fraction of sp³-hybridized carbons (Fsp3) is 0.188. The lowest BCUT2D eigenvalue weighted by Crippen LogP contribution is -2.14. The molecule has 0 bridgehead atoms. The number of fused-ring (bicyclic) bond motifs is 1. The molecular weight excluding hydrogens is 238 g/mol. The third-order valence-electron chi connectivity index (χ3n) is 2.82. The van der Waals surface area contributed by atoms with Crippen LogP contribution in [0.1, 0.15) is 6.92 Å². The van der Waals surface area contributed by atoms with E-state index in [4.69, 9.17) is 4.74 Å². The molecule has 0 aromatic heterocycles. The Morgan fingerprint density at radius 2 is 1.95 bits per heavy atom. The minimum Gasteiger partial charge on any atom is -0.463 e. The predicted octanol–water partition coefficient (Wildman–Crippen LogP) is 3.37. The number of rotatable bonds is 5. The molecule has 98 valence electrons. The summed E-state index contributed by atoms with van der Waals surface area (Å²) in [5.41, 5.74) is 1.39. The van der Waals surface area contributed by atoms with E-state index < -0.39 is 0 Å². The van der Waals surface area contributed by atoms with Crippen molar-refractivity contribution in [3.8, 4) is 0 Å². The van der Waals surface area contributed by atoms with Gasteiger partial charge in [0.2, 0.25) is 0 Å². The number of anilines is 1. The Kier molecular flexibility index (Phi) is 4.18. The normalized spacial score (nSPS) is 10.2. The fourth-order valence-electron chi connectivity index (χ4n) is 1.81. The first kappa shape index (κ1) is 13.1. The highest BCUT2D eigenvalue weighted by Gasteiger charge is 2.07. The molecule has 0 fully saturated rings. The van der Waals surface area contributed by atoms with Gasteiger partial charge in [-0.15, -0.1) is 0 Å². The largest absolute Gasteiger partial charge is 0.463 e. The van der Waals surface area contributed by atoms with E-state index >= 15 is 0 Å². The van der Waals surface area contributed by atoms with Gasteiger partial charge in [-0.1, -0.05) is 36.9 Å². The van der Waals surface area contributed by atoms with E-state index in [0.717, 1.165) is 11.1 Å². The Morgan fingerprint density at radius 1 is 1.21 bits per heavy atom. The van der Waals surface area contributed by atoms with E-state index in [1.807, 2.05) is 30.3 Å². The summed E-state index contributed by atoms with van der Waals surface area (Å²) >= 11 is 0. The maximum absolute atomic E-state index is 11.4. The summed E-state index contributed by atoms with van der Waals surface area (Å²) in [6.45, 7) is 6.25. The van der Waals surface area contributed by atoms with E-state index in [1.165, 1.54) is 5.39 Å². The molecule has 0 unspecified atom stereocenters. The zero-order chi connectivity index (χ0) is 13.7. The summed E-state index contributed by atoms with van der Waals surface area (Å²) in [7, 11) is 0. The molecule has 3 nitrogen and oxygen atoms in total. The van der Waals surface area contributed by atoms with Gasteiger partial charge in [0.15, 0.2) is 0 Å². The van der Waals surface area contributed by atoms with Crippen LogP contribution in [0.15, 0.2) is 54.6 Å². The van der Waals surface area contributed by atoms with Gasteiger partial charge in [-0.25, -0.2) is 4.79 Å². The Morgan fingerprint density at radius 3 is 2.68 bits per heavy atom. The van der Waals surface area contributed by atoms with Crippen LogP contribution in [0, 0.1) is 0 Å². The van der Waals surface area contributed by atoms with Crippen LogP contribution >= 0.6 is 0 Å². The number of carbonyl (C=O) groups excluding carboxylic acids is 1. The fourth-order valence-corrected chi connectivity index (χ4v) is 1.81. The van der Waals surface area contributed by atoms with Crippen LogP contribution in [0.2, 0.25) is 0 Å². The first-order valence-electron chi connectivity index (χ1n) is 6.28. The van der Waals surface area contributed by atoms with Gasteiger partial charge in [0, 0.05) is 17.8 Å². The van der Waals surface area contributed by atoms with E-state index in [-0.39, 0.29) is 5.97 Å². The smallest absolute Gasteiger partial charge is 0.335 e. The van der Waals surface area contributed by atoms with Crippen molar-refractivity contribution in [2.45, 2.75) is 6.92 Å². The topological polar surface area (TPSA) is 38.3 Å². The molecule has 3 heteroatoms. The van der Waals surface area contributed by atoms with Gasteiger partial charge in [-0.3, -0.25) is 0 Å².